The Morgan fingerprint density at radius 1 is 0.342 bits per heavy atom. The zero-order chi connectivity index (χ0) is 50.9. The van der Waals surface area contributed by atoms with Gasteiger partial charge in [0.25, 0.3) is 0 Å². The maximum absolute atomic E-state index is 6.37. The van der Waals surface area contributed by atoms with E-state index in [1.807, 2.05) is 12.1 Å². The van der Waals surface area contributed by atoms with Crippen LogP contribution in [0.2, 0.25) is 0 Å². The summed E-state index contributed by atoms with van der Waals surface area (Å²) < 4.78 is 6.37. The number of aryl methyl sites for hydroxylation is 3. The van der Waals surface area contributed by atoms with Crippen molar-refractivity contribution in [3.05, 3.63) is 253 Å². The fourth-order valence-electron chi connectivity index (χ4n) is 14.1. The summed E-state index contributed by atoms with van der Waals surface area (Å²) in [5.74, 6) is 2.85. The first-order valence-electron chi connectivity index (χ1n) is 27.5. The van der Waals surface area contributed by atoms with Gasteiger partial charge in [-0.15, -0.1) is 0 Å². The van der Waals surface area contributed by atoms with Crippen molar-refractivity contribution in [3.8, 4) is 44.5 Å². The third-order valence-electron chi connectivity index (χ3n) is 17.6. The van der Waals surface area contributed by atoms with Crippen LogP contribution in [0.1, 0.15) is 60.8 Å². The van der Waals surface area contributed by atoms with Crippen molar-refractivity contribution < 1.29 is 4.42 Å². The van der Waals surface area contributed by atoms with Crippen LogP contribution >= 0.6 is 0 Å². The summed E-state index contributed by atoms with van der Waals surface area (Å²) in [5, 5.41) is 2.26. The average Bonchev–Trinajstić information content (AvgIpc) is 3.84. The zero-order valence-electron chi connectivity index (χ0n) is 43.7. The van der Waals surface area contributed by atoms with Crippen LogP contribution in [0, 0.1) is 38.5 Å². The van der Waals surface area contributed by atoms with Crippen LogP contribution in [0.25, 0.3) is 66.4 Å². The summed E-state index contributed by atoms with van der Waals surface area (Å²) in [6.07, 6.45) is 8.64. The van der Waals surface area contributed by atoms with Gasteiger partial charge in [-0.3, -0.25) is 0 Å². The molecule has 10 aromatic carbocycles. The molecule has 4 saturated carbocycles. The van der Waals surface area contributed by atoms with Crippen LogP contribution in [0.15, 0.2) is 235 Å². The third-order valence-corrected chi connectivity index (χ3v) is 17.6. The van der Waals surface area contributed by atoms with Crippen LogP contribution in [0.4, 0.5) is 34.1 Å². The Morgan fingerprint density at radius 2 is 0.737 bits per heavy atom. The molecule has 76 heavy (non-hydrogen) atoms. The first-order chi connectivity index (χ1) is 37.3. The van der Waals surface area contributed by atoms with Crippen molar-refractivity contribution in [3.63, 3.8) is 0 Å². The minimum atomic E-state index is 0.416. The first kappa shape index (κ1) is 46.2. The third kappa shape index (κ3) is 8.39. The molecule has 3 heteroatoms. The standard InChI is InChI=1S/C73H62N2O/c1-48-13-29-63(30-14-48)75(66-35-36-68-67-11-7-8-12-71(67)76-72(68)44-66)70-38-26-61(40-50(70)3)59-17-15-58(16-18-59)60-25-37-69(49(2)39-60)74(64-31-21-56(22-32-64)54-9-5-4-6-10-54)65-33-23-57(24-34-65)55-19-27-62(28-20-55)73-45-51-41-52(46-73)43-53(42-51)47-73/h4-40,44,51-53H,41-43,45-47H2,1-3H3/t51-,52+,53?,73?. The number of benzene rings is 10. The fourth-order valence-corrected chi connectivity index (χ4v) is 14.1. The zero-order valence-corrected chi connectivity index (χ0v) is 43.7. The van der Waals surface area contributed by atoms with Gasteiger partial charge in [0.2, 0.25) is 0 Å². The molecule has 0 N–H and O–H groups in total. The molecule has 0 radical (unpaired) electrons. The molecular formula is C73H62N2O. The van der Waals surface area contributed by atoms with Crippen LogP contribution in [0.3, 0.4) is 0 Å². The van der Waals surface area contributed by atoms with Gasteiger partial charge >= 0.3 is 0 Å². The Balaban J connectivity index is 0.742. The van der Waals surface area contributed by atoms with Crippen LogP contribution in [-0.4, -0.2) is 0 Å². The second kappa shape index (κ2) is 18.8. The normalized spacial score (nSPS) is 18.6. The number of rotatable bonds is 11. The Morgan fingerprint density at radius 3 is 1.26 bits per heavy atom. The lowest BCUT2D eigenvalue weighted by Gasteiger charge is -2.57. The molecule has 0 atom stereocenters. The molecule has 15 rings (SSSR count). The van der Waals surface area contributed by atoms with Crippen LogP contribution < -0.4 is 9.80 Å². The largest absolute Gasteiger partial charge is 0.456 e. The van der Waals surface area contributed by atoms with E-state index in [0.717, 1.165) is 73.8 Å². The number of fused-ring (bicyclic) bond motifs is 3. The van der Waals surface area contributed by atoms with E-state index in [2.05, 4.69) is 249 Å². The van der Waals surface area contributed by atoms with Gasteiger partial charge in [-0.25, -0.2) is 0 Å². The van der Waals surface area contributed by atoms with Crippen molar-refractivity contribution in [2.24, 2.45) is 17.8 Å². The molecule has 0 saturated heterocycles. The Kier molecular flexibility index (Phi) is 11.4. The maximum Gasteiger partial charge on any atom is 0.137 e. The van der Waals surface area contributed by atoms with Crippen molar-refractivity contribution in [2.45, 2.75) is 64.7 Å². The maximum atomic E-state index is 6.37. The molecule has 3 nitrogen and oxygen atoms in total. The number of para-hydroxylation sites is 1. The lowest BCUT2D eigenvalue weighted by Crippen LogP contribution is -2.48. The van der Waals surface area contributed by atoms with Crippen LogP contribution in [-0.2, 0) is 5.41 Å². The SMILES string of the molecule is Cc1ccc(N(c2ccc3c(c2)oc2ccccc23)c2ccc(-c3ccc(-c4ccc(N(c5ccc(-c6ccccc6)cc5)c5ccc(-c6ccc(C78CC9C[C@H](C7)C[C@@H](C9)C8)cc6)cc5)c(C)c4)cc3)cc2C)cc1. The smallest absolute Gasteiger partial charge is 0.137 e. The van der Waals surface area contributed by atoms with Gasteiger partial charge in [0.15, 0.2) is 0 Å². The Bertz CT molecular complexity index is 3870. The minimum Gasteiger partial charge on any atom is -0.456 e. The summed E-state index contributed by atoms with van der Waals surface area (Å²) >= 11 is 0. The Labute approximate surface area is 447 Å². The highest BCUT2D eigenvalue weighted by Crippen LogP contribution is 2.61. The molecule has 0 aliphatic heterocycles. The van der Waals surface area contributed by atoms with Gasteiger partial charge in [0, 0.05) is 51.0 Å². The van der Waals surface area contributed by atoms with Crippen LogP contribution in [0.5, 0.6) is 0 Å². The monoisotopic (exact) mass is 982 g/mol. The summed E-state index contributed by atoms with van der Waals surface area (Å²) in [5.41, 5.74) is 23.9. The van der Waals surface area contributed by atoms with Crippen molar-refractivity contribution >= 4 is 56.1 Å². The highest BCUT2D eigenvalue weighted by molar-refractivity contribution is 6.06. The second-order valence-electron chi connectivity index (χ2n) is 22.6. The predicted molar refractivity (Wildman–Crippen MR) is 319 cm³/mol. The molecule has 1 aromatic heterocycles. The summed E-state index contributed by atoms with van der Waals surface area (Å²) in [7, 11) is 0. The van der Waals surface area contributed by atoms with E-state index >= 15 is 0 Å². The molecule has 4 aliphatic carbocycles. The summed E-state index contributed by atoms with van der Waals surface area (Å²) in [6.45, 7) is 6.60. The predicted octanol–water partition coefficient (Wildman–Crippen LogP) is 20.6. The van der Waals surface area contributed by atoms with Gasteiger partial charge < -0.3 is 14.2 Å². The molecule has 11 aromatic rings. The lowest BCUT2D eigenvalue weighted by atomic mass is 9.48. The van der Waals surface area contributed by atoms with E-state index < -0.39 is 0 Å². The molecule has 4 fully saturated rings. The molecule has 4 aliphatic rings. The average molecular weight is 983 g/mol. The van der Waals surface area contributed by atoms with Crippen molar-refractivity contribution in [1.82, 2.24) is 0 Å². The number of furan rings is 1. The quantitative estimate of drug-likeness (QED) is 0.129. The van der Waals surface area contributed by atoms with Gasteiger partial charge in [0.1, 0.15) is 11.2 Å². The van der Waals surface area contributed by atoms with Gasteiger partial charge in [-0.1, -0.05) is 151 Å². The number of anilines is 6. The van der Waals surface area contributed by atoms with Gasteiger partial charge in [-0.2, -0.15) is 0 Å². The van der Waals surface area contributed by atoms with E-state index in [1.54, 1.807) is 5.56 Å². The molecule has 1 heterocycles. The first-order valence-corrected chi connectivity index (χ1v) is 27.5. The molecule has 0 unspecified atom stereocenters. The molecule has 370 valence electrons. The number of hydrogen-bond acceptors (Lipinski definition) is 3. The van der Waals surface area contributed by atoms with Crippen molar-refractivity contribution in [2.75, 3.05) is 9.80 Å². The summed E-state index contributed by atoms with van der Waals surface area (Å²) in [4.78, 5) is 4.76. The fraction of sp³-hybridized carbons (Fsp3) is 0.178. The van der Waals surface area contributed by atoms with E-state index in [0.29, 0.717) is 5.41 Å². The molecule has 0 amide bonds. The summed E-state index contributed by atoms with van der Waals surface area (Å²) in [6, 6.07) is 85.1. The van der Waals surface area contributed by atoms with E-state index in [1.165, 1.54) is 99.7 Å². The Hall–Kier alpha value is -8.40. The van der Waals surface area contributed by atoms with E-state index in [9.17, 15) is 0 Å². The molecule has 0 spiro atoms. The molecule has 4 bridgehead atoms. The number of hydrogen-bond donors (Lipinski definition) is 0. The van der Waals surface area contributed by atoms with Gasteiger partial charge in [-0.05, 0) is 223 Å². The second-order valence-corrected chi connectivity index (χ2v) is 22.6. The van der Waals surface area contributed by atoms with E-state index in [-0.39, 0.29) is 0 Å². The molecular weight excluding hydrogens is 921 g/mol. The van der Waals surface area contributed by atoms with Gasteiger partial charge in [0.05, 0.1) is 0 Å². The van der Waals surface area contributed by atoms with Crippen molar-refractivity contribution in [1.29, 1.82) is 0 Å². The number of nitrogens with zero attached hydrogens (tertiary/aromatic N) is 2. The highest BCUT2D eigenvalue weighted by Gasteiger charge is 2.51. The highest BCUT2D eigenvalue weighted by atomic mass is 16.3. The lowest BCUT2D eigenvalue weighted by molar-refractivity contribution is -0.00518. The minimum absolute atomic E-state index is 0.416. The van der Waals surface area contributed by atoms with E-state index in [4.69, 9.17) is 4.42 Å². The topological polar surface area (TPSA) is 19.6 Å².